The van der Waals surface area contributed by atoms with Crippen LogP contribution in [0.4, 0.5) is 0 Å². The van der Waals surface area contributed by atoms with Crippen LogP contribution in [0.3, 0.4) is 0 Å². The molecule has 0 amide bonds. The third kappa shape index (κ3) is 3.59. The number of hydrogen-bond donors (Lipinski definition) is 1. The molecule has 1 rings (SSSR count). The Kier molecular flexibility index (Phi) is 4.28. The summed E-state index contributed by atoms with van der Waals surface area (Å²) in [5.41, 5.74) is 0. The van der Waals surface area contributed by atoms with Crippen molar-refractivity contribution in [2.75, 3.05) is 5.75 Å². The molecule has 0 bridgehead atoms. The molecule has 0 saturated heterocycles. The van der Waals surface area contributed by atoms with Crippen molar-refractivity contribution >= 4 is 28.1 Å². The van der Waals surface area contributed by atoms with Crippen LogP contribution in [-0.2, 0) is 27.8 Å². The zero-order chi connectivity index (χ0) is 10.6. The SMILES string of the molecule is CCc1ccc(CS(=O)CC(=O)O)s1. The van der Waals surface area contributed by atoms with E-state index in [1.54, 1.807) is 11.3 Å². The lowest BCUT2D eigenvalue weighted by Crippen LogP contribution is -2.09. The summed E-state index contributed by atoms with van der Waals surface area (Å²) in [6.45, 7) is 2.06. The second-order valence-corrected chi connectivity index (χ2v) is 5.55. The van der Waals surface area contributed by atoms with Gasteiger partial charge in [-0.1, -0.05) is 6.92 Å². The highest BCUT2D eigenvalue weighted by Gasteiger charge is 2.08. The molecule has 0 spiro atoms. The van der Waals surface area contributed by atoms with Crippen molar-refractivity contribution in [1.29, 1.82) is 0 Å². The third-order valence-corrected chi connectivity index (χ3v) is 4.27. The van der Waals surface area contributed by atoms with Crippen LogP contribution >= 0.6 is 11.3 Å². The molecule has 0 aliphatic rings. The lowest BCUT2D eigenvalue weighted by Gasteiger charge is -1.95. The third-order valence-electron chi connectivity index (χ3n) is 1.65. The van der Waals surface area contributed by atoms with Crippen LogP contribution in [0, 0.1) is 0 Å². The van der Waals surface area contributed by atoms with Crippen molar-refractivity contribution in [2.24, 2.45) is 0 Å². The Balaban J connectivity index is 2.51. The second-order valence-electron chi connectivity index (χ2n) is 2.84. The summed E-state index contributed by atoms with van der Waals surface area (Å²) < 4.78 is 11.3. The Bertz CT molecular complexity index is 344. The molecule has 0 aliphatic carbocycles. The smallest absolute Gasteiger partial charge is 0.316 e. The van der Waals surface area contributed by atoms with E-state index in [1.165, 1.54) is 4.88 Å². The summed E-state index contributed by atoms with van der Waals surface area (Å²) in [6, 6.07) is 3.92. The summed E-state index contributed by atoms with van der Waals surface area (Å²) in [7, 11) is -1.28. The van der Waals surface area contributed by atoms with E-state index in [2.05, 4.69) is 6.92 Å². The maximum absolute atomic E-state index is 11.3. The molecule has 14 heavy (non-hydrogen) atoms. The Labute approximate surface area is 89.2 Å². The summed E-state index contributed by atoms with van der Waals surface area (Å²) >= 11 is 1.60. The molecule has 1 N–H and O–H groups in total. The fourth-order valence-corrected chi connectivity index (χ4v) is 3.21. The molecule has 1 heterocycles. The van der Waals surface area contributed by atoms with Crippen molar-refractivity contribution in [3.63, 3.8) is 0 Å². The van der Waals surface area contributed by atoms with Gasteiger partial charge in [-0.2, -0.15) is 0 Å². The van der Waals surface area contributed by atoms with E-state index in [0.717, 1.165) is 11.3 Å². The van der Waals surface area contributed by atoms with Crippen molar-refractivity contribution < 1.29 is 14.1 Å². The van der Waals surface area contributed by atoms with Gasteiger partial charge in [-0.3, -0.25) is 9.00 Å². The molecule has 1 aromatic heterocycles. The fraction of sp³-hybridized carbons (Fsp3) is 0.444. The molecule has 5 heteroatoms. The largest absolute Gasteiger partial charge is 0.481 e. The second kappa shape index (κ2) is 5.26. The van der Waals surface area contributed by atoms with E-state index in [-0.39, 0.29) is 5.75 Å². The fourth-order valence-electron chi connectivity index (χ4n) is 1.04. The first-order valence-electron chi connectivity index (χ1n) is 4.26. The molecule has 1 unspecified atom stereocenters. The maximum Gasteiger partial charge on any atom is 0.316 e. The van der Waals surface area contributed by atoms with Crippen LogP contribution in [0.15, 0.2) is 12.1 Å². The molecule has 1 aromatic rings. The lowest BCUT2D eigenvalue weighted by molar-refractivity contribution is -0.133. The van der Waals surface area contributed by atoms with E-state index >= 15 is 0 Å². The van der Waals surface area contributed by atoms with E-state index in [1.807, 2.05) is 12.1 Å². The topological polar surface area (TPSA) is 54.4 Å². The highest BCUT2D eigenvalue weighted by molar-refractivity contribution is 7.85. The molecule has 0 saturated carbocycles. The minimum Gasteiger partial charge on any atom is -0.481 e. The predicted octanol–water partition coefficient (Wildman–Crippen LogP) is 1.64. The zero-order valence-corrected chi connectivity index (χ0v) is 9.49. The van der Waals surface area contributed by atoms with Gasteiger partial charge >= 0.3 is 5.97 Å². The van der Waals surface area contributed by atoms with Gasteiger partial charge in [0, 0.05) is 20.6 Å². The van der Waals surface area contributed by atoms with Gasteiger partial charge in [-0.25, -0.2) is 0 Å². The molecule has 1 atom stereocenters. The summed E-state index contributed by atoms with van der Waals surface area (Å²) in [5, 5.41) is 8.42. The Morgan fingerprint density at radius 1 is 1.50 bits per heavy atom. The Hall–Kier alpha value is -0.680. The van der Waals surface area contributed by atoms with Gasteiger partial charge in [-0.05, 0) is 18.6 Å². The van der Waals surface area contributed by atoms with Crippen LogP contribution < -0.4 is 0 Å². The number of carbonyl (C=O) groups is 1. The number of hydrogen-bond acceptors (Lipinski definition) is 3. The van der Waals surface area contributed by atoms with Gasteiger partial charge in [0.2, 0.25) is 0 Å². The van der Waals surface area contributed by atoms with Crippen molar-refractivity contribution in [1.82, 2.24) is 0 Å². The molecule has 0 aliphatic heterocycles. The molecule has 78 valence electrons. The summed E-state index contributed by atoms with van der Waals surface area (Å²) in [5.74, 6) is -0.910. The normalized spacial score (nSPS) is 12.6. The summed E-state index contributed by atoms with van der Waals surface area (Å²) in [6.07, 6.45) is 0.968. The van der Waals surface area contributed by atoms with E-state index in [4.69, 9.17) is 5.11 Å². The van der Waals surface area contributed by atoms with Crippen LogP contribution in [-0.4, -0.2) is 21.0 Å². The average molecular weight is 232 g/mol. The number of aryl methyl sites for hydroxylation is 1. The highest BCUT2D eigenvalue weighted by Crippen LogP contribution is 2.18. The number of carboxylic acid groups (broad SMARTS) is 1. The first-order valence-corrected chi connectivity index (χ1v) is 6.56. The van der Waals surface area contributed by atoms with Gasteiger partial charge in [0.15, 0.2) is 0 Å². The van der Waals surface area contributed by atoms with E-state index < -0.39 is 16.8 Å². The maximum atomic E-state index is 11.3. The van der Waals surface area contributed by atoms with Crippen LogP contribution in [0.25, 0.3) is 0 Å². The molecule has 0 radical (unpaired) electrons. The Morgan fingerprint density at radius 3 is 2.64 bits per heavy atom. The minimum atomic E-state index is -1.28. The average Bonchev–Trinajstić information content (AvgIpc) is 2.50. The standard InChI is InChI=1S/C9H12O3S2/c1-2-7-3-4-8(13-7)5-14(12)6-9(10)11/h3-4H,2,5-6H2,1H3,(H,10,11). The first-order chi connectivity index (χ1) is 6.61. The van der Waals surface area contributed by atoms with Gasteiger partial charge in [0.1, 0.15) is 5.75 Å². The molecular weight excluding hydrogens is 220 g/mol. The van der Waals surface area contributed by atoms with Gasteiger partial charge in [-0.15, -0.1) is 11.3 Å². The molecular formula is C9H12O3S2. The molecule has 0 aromatic carbocycles. The van der Waals surface area contributed by atoms with Crippen LogP contribution in [0.1, 0.15) is 16.7 Å². The van der Waals surface area contributed by atoms with Gasteiger partial charge < -0.3 is 5.11 Å². The number of rotatable bonds is 5. The van der Waals surface area contributed by atoms with Crippen molar-refractivity contribution in [3.8, 4) is 0 Å². The van der Waals surface area contributed by atoms with E-state index in [9.17, 15) is 9.00 Å². The molecule has 3 nitrogen and oxygen atoms in total. The minimum absolute atomic E-state index is 0.265. The monoisotopic (exact) mass is 232 g/mol. The van der Waals surface area contributed by atoms with Crippen molar-refractivity contribution in [2.45, 2.75) is 19.1 Å². The van der Waals surface area contributed by atoms with Gasteiger partial charge in [0.25, 0.3) is 0 Å². The van der Waals surface area contributed by atoms with Crippen molar-refractivity contribution in [3.05, 3.63) is 21.9 Å². The zero-order valence-electron chi connectivity index (χ0n) is 7.86. The first kappa shape index (κ1) is 11.4. The quantitative estimate of drug-likeness (QED) is 0.839. The number of thiophene rings is 1. The summed E-state index contributed by atoms with van der Waals surface area (Å²) in [4.78, 5) is 12.5. The lowest BCUT2D eigenvalue weighted by atomic mass is 10.4. The van der Waals surface area contributed by atoms with Gasteiger partial charge in [0.05, 0.1) is 5.75 Å². The molecule has 0 fully saturated rings. The van der Waals surface area contributed by atoms with E-state index in [0.29, 0.717) is 5.75 Å². The predicted molar refractivity (Wildman–Crippen MR) is 58.0 cm³/mol. The Morgan fingerprint density at radius 2 is 2.14 bits per heavy atom. The van der Waals surface area contributed by atoms with Crippen LogP contribution in [0.5, 0.6) is 0 Å². The highest BCUT2D eigenvalue weighted by atomic mass is 32.2. The van der Waals surface area contributed by atoms with Crippen LogP contribution in [0.2, 0.25) is 0 Å². The number of carboxylic acids is 1. The number of aliphatic carboxylic acids is 1.